The highest BCUT2D eigenvalue weighted by molar-refractivity contribution is 9.10. The predicted molar refractivity (Wildman–Crippen MR) is 89.9 cm³/mol. The van der Waals surface area contributed by atoms with E-state index in [4.69, 9.17) is 4.74 Å². The summed E-state index contributed by atoms with van der Waals surface area (Å²) in [5.74, 6) is -0.505. The zero-order valence-electron chi connectivity index (χ0n) is 13.1. The highest BCUT2D eigenvalue weighted by Gasteiger charge is 2.22. The molecule has 0 amide bonds. The molecule has 1 heterocycles. The van der Waals surface area contributed by atoms with Crippen molar-refractivity contribution in [3.8, 4) is 0 Å². The number of rotatable bonds is 7. The number of hydrogen-bond donors (Lipinski definition) is 1. The molecule has 0 bridgehead atoms. The van der Waals surface area contributed by atoms with E-state index >= 15 is 0 Å². The van der Waals surface area contributed by atoms with E-state index in [0.29, 0.717) is 6.54 Å². The van der Waals surface area contributed by atoms with E-state index in [9.17, 15) is 13.2 Å². The first kappa shape index (κ1) is 18.6. The van der Waals surface area contributed by atoms with Gasteiger partial charge in [-0.3, -0.25) is 4.68 Å². The second kappa shape index (κ2) is 7.86. The Bertz CT molecular complexity index is 808. The van der Waals surface area contributed by atoms with Crippen molar-refractivity contribution < 1.29 is 17.9 Å². The quantitative estimate of drug-likeness (QED) is 0.687. The molecule has 8 nitrogen and oxygen atoms in total. The Kier molecular flexibility index (Phi) is 6.08. The lowest BCUT2D eigenvalue weighted by Gasteiger charge is -2.15. The van der Waals surface area contributed by atoms with Crippen molar-refractivity contribution in [1.29, 1.82) is 0 Å². The normalized spacial score (nSPS) is 12.8. The van der Waals surface area contributed by atoms with E-state index in [1.54, 1.807) is 13.8 Å². The standard InChI is InChI=1S/C14H17BrN4O4S/c1-3-23-14(20)11-4-5-13(12(15)6-11)24(21,22)18-10(2)7-19-9-16-8-17-19/h4-6,8-10,18H,3,7H2,1-2H3. The number of benzene rings is 1. The van der Waals surface area contributed by atoms with Crippen LogP contribution in [0.2, 0.25) is 0 Å². The average Bonchev–Trinajstić information content (AvgIpc) is 2.99. The highest BCUT2D eigenvalue weighted by Crippen LogP contribution is 2.24. The summed E-state index contributed by atoms with van der Waals surface area (Å²) >= 11 is 3.20. The molecule has 1 unspecified atom stereocenters. The van der Waals surface area contributed by atoms with Crippen molar-refractivity contribution in [3.05, 3.63) is 40.9 Å². The fourth-order valence-electron chi connectivity index (χ4n) is 2.03. The zero-order valence-corrected chi connectivity index (χ0v) is 15.5. The van der Waals surface area contributed by atoms with Gasteiger partial charge in [0.2, 0.25) is 10.0 Å². The van der Waals surface area contributed by atoms with E-state index in [2.05, 4.69) is 30.7 Å². The summed E-state index contributed by atoms with van der Waals surface area (Å²) in [4.78, 5) is 15.5. The van der Waals surface area contributed by atoms with Crippen molar-refractivity contribution >= 4 is 31.9 Å². The van der Waals surface area contributed by atoms with Crippen LogP contribution in [0.4, 0.5) is 0 Å². The minimum absolute atomic E-state index is 0.0426. The minimum Gasteiger partial charge on any atom is -0.462 e. The molecule has 0 spiro atoms. The molecule has 2 rings (SSSR count). The van der Waals surface area contributed by atoms with Crippen LogP contribution >= 0.6 is 15.9 Å². The number of ether oxygens (including phenoxy) is 1. The van der Waals surface area contributed by atoms with Crippen molar-refractivity contribution in [3.63, 3.8) is 0 Å². The molecule has 1 aromatic carbocycles. The van der Waals surface area contributed by atoms with Gasteiger partial charge in [0.05, 0.1) is 23.6 Å². The zero-order chi connectivity index (χ0) is 17.7. The van der Waals surface area contributed by atoms with Crippen LogP contribution < -0.4 is 4.72 Å². The third kappa shape index (κ3) is 4.62. The highest BCUT2D eigenvalue weighted by atomic mass is 79.9. The van der Waals surface area contributed by atoms with Gasteiger partial charge < -0.3 is 4.74 Å². The Balaban J connectivity index is 2.15. The molecule has 1 aromatic heterocycles. The Morgan fingerprint density at radius 1 is 1.46 bits per heavy atom. The summed E-state index contributed by atoms with van der Waals surface area (Å²) < 4.78 is 34.3. The van der Waals surface area contributed by atoms with E-state index < -0.39 is 22.0 Å². The maximum atomic E-state index is 12.5. The van der Waals surface area contributed by atoms with Gasteiger partial charge in [-0.05, 0) is 48.0 Å². The van der Waals surface area contributed by atoms with Gasteiger partial charge in [0, 0.05) is 10.5 Å². The number of carbonyl (C=O) groups is 1. The topological polar surface area (TPSA) is 103 Å². The molecule has 0 aliphatic rings. The SMILES string of the molecule is CCOC(=O)c1ccc(S(=O)(=O)NC(C)Cn2cncn2)c(Br)c1. The summed E-state index contributed by atoms with van der Waals surface area (Å²) in [6, 6.07) is 3.81. The molecule has 0 saturated carbocycles. The van der Waals surface area contributed by atoms with Crippen molar-refractivity contribution in [1.82, 2.24) is 19.5 Å². The van der Waals surface area contributed by atoms with Crippen molar-refractivity contribution in [2.45, 2.75) is 31.3 Å². The van der Waals surface area contributed by atoms with E-state index in [-0.39, 0.29) is 21.5 Å². The van der Waals surface area contributed by atoms with Gasteiger partial charge >= 0.3 is 5.97 Å². The molecular weight excluding hydrogens is 400 g/mol. The second-order valence-electron chi connectivity index (χ2n) is 5.01. The van der Waals surface area contributed by atoms with Gasteiger partial charge in [0.25, 0.3) is 0 Å². The van der Waals surface area contributed by atoms with Crippen LogP contribution in [0.15, 0.2) is 40.2 Å². The smallest absolute Gasteiger partial charge is 0.338 e. The largest absolute Gasteiger partial charge is 0.462 e. The molecular formula is C14H17BrN4O4S. The second-order valence-corrected chi connectivity index (χ2v) is 7.54. The fourth-order valence-corrected chi connectivity index (χ4v) is 4.35. The molecule has 24 heavy (non-hydrogen) atoms. The lowest BCUT2D eigenvalue weighted by Crippen LogP contribution is -2.36. The number of halogens is 1. The van der Waals surface area contributed by atoms with Crippen LogP contribution in [-0.2, 0) is 21.3 Å². The molecule has 0 saturated heterocycles. The number of nitrogens with one attached hydrogen (secondary N) is 1. The van der Waals surface area contributed by atoms with Crippen molar-refractivity contribution in [2.75, 3.05) is 6.61 Å². The monoisotopic (exact) mass is 416 g/mol. The molecule has 10 heteroatoms. The predicted octanol–water partition coefficient (Wildman–Crippen LogP) is 1.58. The number of aromatic nitrogens is 3. The Labute approximate surface area is 148 Å². The molecule has 0 aliphatic carbocycles. The van der Waals surface area contributed by atoms with Gasteiger partial charge in [-0.15, -0.1) is 0 Å². The summed E-state index contributed by atoms with van der Waals surface area (Å²) in [5.41, 5.74) is 0.276. The van der Waals surface area contributed by atoms with Crippen LogP contribution in [-0.4, -0.2) is 41.8 Å². The van der Waals surface area contributed by atoms with Gasteiger partial charge in [-0.25, -0.2) is 22.9 Å². The summed E-state index contributed by atoms with van der Waals surface area (Å²) in [6.07, 6.45) is 2.89. The molecule has 0 fully saturated rings. The summed E-state index contributed by atoms with van der Waals surface area (Å²) in [5, 5.41) is 3.94. The number of esters is 1. The first-order chi connectivity index (χ1) is 11.3. The first-order valence-corrected chi connectivity index (χ1v) is 9.42. The maximum Gasteiger partial charge on any atom is 0.338 e. The minimum atomic E-state index is -3.76. The van der Waals surface area contributed by atoms with Gasteiger partial charge in [0.1, 0.15) is 12.7 Å². The van der Waals surface area contributed by atoms with Crippen LogP contribution in [0.5, 0.6) is 0 Å². The Morgan fingerprint density at radius 2 is 2.21 bits per heavy atom. The van der Waals surface area contributed by atoms with E-state index in [1.807, 2.05) is 0 Å². The third-order valence-corrected chi connectivity index (χ3v) is 5.58. The van der Waals surface area contributed by atoms with Crippen LogP contribution in [0, 0.1) is 0 Å². The van der Waals surface area contributed by atoms with Crippen LogP contribution in [0.1, 0.15) is 24.2 Å². The maximum absolute atomic E-state index is 12.5. The van der Waals surface area contributed by atoms with E-state index in [1.165, 1.54) is 35.5 Å². The molecule has 130 valence electrons. The molecule has 0 aliphatic heterocycles. The van der Waals surface area contributed by atoms with Gasteiger partial charge in [-0.2, -0.15) is 5.10 Å². The van der Waals surface area contributed by atoms with Crippen LogP contribution in [0.25, 0.3) is 0 Å². The summed E-state index contributed by atoms with van der Waals surface area (Å²) in [6.45, 7) is 4.02. The number of sulfonamides is 1. The third-order valence-electron chi connectivity index (χ3n) is 3.02. The van der Waals surface area contributed by atoms with Crippen LogP contribution in [0.3, 0.4) is 0 Å². The number of nitrogens with zero attached hydrogens (tertiary/aromatic N) is 3. The van der Waals surface area contributed by atoms with Crippen molar-refractivity contribution in [2.24, 2.45) is 0 Å². The van der Waals surface area contributed by atoms with E-state index in [0.717, 1.165) is 0 Å². The first-order valence-electron chi connectivity index (χ1n) is 7.15. The Hall–Kier alpha value is -1.78. The van der Waals surface area contributed by atoms with Gasteiger partial charge in [0.15, 0.2) is 0 Å². The number of hydrogen-bond acceptors (Lipinski definition) is 6. The lowest BCUT2D eigenvalue weighted by molar-refractivity contribution is 0.0526. The lowest BCUT2D eigenvalue weighted by atomic mass is 10.2. The number of carbonyl (C=O) groups excluding carboxylic acids is 1. The average molecular weight is 417 g/mol. The molecule has 1 N–H and O–H groups in total. The Morgan fingerprint density at radius 3 is 2.79 bits per heavy atom. The molecule has 2 aromatic rings. The summed E-state index contributed by atoms with van der Waals surface area (Å²) in [7, 11) is -3.76. The fraction of sp³-hybridized carbons (Fsp3) is 0.357. The molecule has 0 radical (unpaired) electrons. The molecule has 1 atom stereocenters. The van der Waals surface area contributed by atoms with Gasteiger partial charge in [-0.1, -0.05) is 0 Å².